The van der Waals surface area contributed by atoms with Gasteiger partial charge in [-0.05, 0) is 50.7 Å². The smallest absolute Gasteiger partial charge is 0.314 e. The summed E-state index contributed by atoms with van der Waals surface area (Å²) in [5, 5.41) is 9.14. The average molecular weight is 328 g/mol. The molecule has 0 aromatic carbocycles. The summed E-state index contributed by atoms with van der Waals surface area (Å²) in [6.07, 6.45) is 3.33. The molecule has 0 unspecified atom stereocenters. The zero-order valence-corrected chi connectivity index (χ0v) is 13.7. The molecule has 0 radical (unpaired) electrons. The summed E-state index contributed by atoms with van der Waals surface area (Å²) in [5.74, 6) is 0.205. The summed E-state index contributed by atoms with van der Waals surface area (Å²) in [4.78, 5) is 24.7. The SMILES string of the molecule is CCOC(=O)C12COC(Cn3c(C4CC4)ccc(C#N)c3=O)(C1)C2. The van der Waals surface area contributed by atoms with Gasteiger partial charge in [0.25, 0.3) is 5.56 Å². The number of ether oxygens (including phenoxy) is 2. The van der Waals surface area contributed by atoms with E-state index in [4.69, 9.17) is 14.7 Å². The Morgan fingerprint density at radius 3 is 2.83 bits per heavy atom. The first-order valence-corrected chi connectivity index (χ1v) is 8.48. The Morgan fingerprint density at radius 2 is 2.21 bits per heavy atom. The largest absolute Gasteiger partial charge is 0.465 e. The predicted octanol–water partition coefficient (Wildman–Crippen LogP) is 1.71. The molecule has 126 valence electrons. The molecule has 0 N–H and O–H groups in total. The average Bonchev–Trinajstić information content (AvgIpc) is 3.22. The lowest BCUT2D eigenvalue weighted by molar-refractivity contribution is -0.161. The molecular formula is C18H20N2O4. The molecule has 0 atom stereocenters. The molecule has 1 aromatic heterocycles. The highest BCUT2D eigenvalue weighted by Gasteiger charge is 2.67. The van der Waals surface area contributed by atoms with E-state index in [0.717, 1.165) is 18.5 Å². The molecule has 6 nitrogen and oxygen atoms in total. The van der Waals surface area contributed by atoms with Gasteiger partial charge in [0.1, 0.15) is 11.6 Å². The van der Waals surface area contributed by atoms with Crippen LogP contribution in [0.5, 0.6) is 0 Å². The van der Waals surface area contributed by atoms with Gasteiger partial charge in [0.05, 0.1) is 30.8 Å². The van der Waals surface area contributed by atoms with E-state index in [-0.39, 0.29) is 17.1 Å². The van der Waals surface area contributed by atoms with Gasteiger partial charge in [-0.1, -0.05) is 0 Å². The van der Waals surface area contributed by atoms with Crippen molar-refractivity contribution in [3.8, 4) is 6.07 Å². The number of rotatable bonds is 5. The van der Waals surface area contributed by atoms with Crippen LogP contribution >= 0.6 is 0 Å². The molecule has 2 aliphatic heterocycles. The fraction of sp³-hybridized carbons (Fsp3) is 0.611. The van der Waals surface area contributed by atoms with E-state index in [2.05, 4.69) is 0 Å². The number of hydrogen-bond acceptors (Lipinski definition) is 5. The van der Waals surface area contributed by atoms with Crippen molar-refractivity contribution in [2.45, 2.75) is 50.7 Å². The Hall–Kier alpha value is -2.13. The van der Waals surface area contributed by atoms with E-state index in [1.165, 1.54) is 0 Å². The number of nitrogens with zero attached hydrogens (tertiary/aromatic N) is 2. The first kappa shape index (κ1) is 15.4. The van der Waals surface area contributed by atoms with Gasteiger partial charge in [-0.3, -0.25) is 9.59 Å². The van der Waals surface area contributed by atoms with E-state index in [9.17, 15) is 9.59 Å². The topological polar surface area (TPSA) is 81.3 Å². The van der Waals surface area contributed by atoms with Gasteiger partial charge >= 0.3 is 5.97 Å². The maximum atomic E-state index is 12.6. The minimum absolute atomic E-state index is 0.157. The first-order valence-electron chi connectivity index (χ1n) is 8.48. The van der Waals surface area contributed by atoms with Crippen molar-refractivity contribution in [1.29, 1.82) is 5.26 Å². The first-order chi connectivity index (χ1) is 11.5. The maximum absolute atomic E-state index is 12.6. The van der Waals surface area contributed by atoms with E-state index in [0.29, 0.717) is 38.5 Å². The number of nitriles is 1. The minimum atomic E-state index is -0.536. The van der Waals surface area contributed by atoms with Crippen molar-refractivity contribution < 1.29 is 14.3 Å². The number of carbonyl (C=O) groups is 1. The third-order valence-electron chi connectivity index (χ3n) is 5.45. The Morgan fingerprint density at radius 1 is 1.46 bits per heavy atom. The maximum Gasteiger partial charge on any atom is 0.314 e. The third-order valence-corrected chi connectivity index (χ3v) is 5.45. The van der Waals surface area contributed by atoms with Crippen LogP contribution in [0.4, 0.5) is 0 Å². The number of fused-ring (bicyclic) bond motifs is 1. The van der Waals surface area contributed by atoms with Gasteiger partial charge in [-0.2, -0.15) is 5.26 Å². The van der Waals surface area contributed by atoms with Crippen LogP contribution in [0.1, 0.15) is 49.8 Å². The Labute approximate surface area is 140 Å². The molecular weight excluding hydrogens is 308 g/mol. The van der Waals surface area contributed by atoms with Gasteiger partial charge < -0.3 is 14.0 Å². The van der Waals surface area contributed by atoms with Crippen LogP contribution in [0.25, 0.3) is 0 Å². The summed E-state index contributed by atoms with van der Waals surface area (Å²) >= 11 is 0. The lowest BCUT2D eigenvalue weighted by atomic mass is 9.62. The lowest BCUT2D eigenvalue weighted by Crippen LogP contribution is -2.52. The molecule has 2 saturated heterocycles. The zero-order valence-electron chi connectivity index (χ0n) is 13.7. The van der Waals surface area contributed by atoms with Gasteiger partial charge in [0.2, 0.25) is 0 Å². The molecule has 4 aliphatic rings. The van der Waals surface area contributed by atoms with Crippen molar-refractivity contribution in [2.24, 2.45) is 5.41 Å². The summed E-state index contributed by atoms with van der Waals surface area (Å²) < 4.78 is 12.8. The molecule has 2 bridgehead atoms. The quantitative estimate of drug-likeness (QED) is 0.769. The highest BCUT2D eigenvalue weighted by Crippen LogP contribution is 2.59. The molecule has 4 fully saturated rings. The molecule has 1 aromatic rings. The molecule has 24 heavy (non-hydrogen) atoms. The second-order valence-electron chi connectivity index (χ2n) is 7.28. The van der Waals surface area contributed by atoms with Crippen LogP contribution in [0.3, 0.4) is 0 Å². The van der Waals surface area contributed by atoms with E-state index < -0.39 is 11.0 Å². The van der Waals surface area contributed by atoms with Crippen LogP contribution in [0.2, 0.25) is 0 Å². The van der Waals surface area contributed by atoms with Crippen LogP contribution in [-0.4, -0.2) is 29.4 Å². The normalized spacial score (nSPS) is 30.5. The number of aromatic nitrogens is 1. The van der Waals surface area contributed by atoms with Crippen molar-refractivity contribution in [2.75, 3.05) is 13.2 Å². The summed E-state index contributed by atoms with van der Waals surface area (Å²) in [6, 6.07) is 5.47. The molecule has 0 amide bonds. The van der Waals surface area contributed by atoms with Crippen molar-refractivity contribution in [3.05, 3.63) is 33.7 Å². The fourth-order valence-corrected chi connectivity index (χ4v) is 4.19. The standard InChI is InChI=1S/C18H20N2O4/c1-2-23-16(22)17-8-18(9-17,24-11-17)10-20-14(12-3-4-12)6-5-13(7-19)15(20)21/h5-6,12H,2-4,8-11H2,1H3. The van der Waals surface area contributed by atoms with E-state index >= 15 is 0 Å². The van der Waals surface area contributed by atoms with Gasteiger partial charge in [0, 0.05) is 5.69 Å². The van der Waals surface area contributed by atoms with Gasteiger partial charge in [0.15, 0.2) is 0 Å². The fourth-order valence-electron chi connectivity index (χ4n) is 4.19. The Balaban J connectivity index is 1.61. The molecule has 2 saturated carbocycles. The van der Waals surface area contributed by atoms with Crippen LogP contribution in [-0.2, 0) is 20.8 Å². The number of carbonyl (C=O) groups excluding carboxylic acids is 1. The van der Waals surface area contributed by atoms with E-state index in [1.807, 2.05) is 12.1 Å². The third kappa shape index (κ3) is 2.19. The van der Waals surface area contributed by atoms with Gasteiger partial charge in [-0.15, -0.1) is 0 Å². The minimum Gasteiger partial charge on any atom is -0.465 e. The molecule has 5 rings (SSSR count). The van der Waals surface area contributed by atoms with Crippen LogP contribution in [0.15, 0.2) is 16.9 Å². The molecule has 3 heterocycles. The predicted molar refractivity (Wildman–Crippen MR) is 84.4 cm³/mol. The summed E-state index contributed by atoms with van der Waals surface area (Å²) in [5.41, 5.74) is -0.122. The number of esters is 1. The molecule has 6 heteroatoms. The van der Waals surface area contributed by atoms with Gasteiger partial charge in [-0.25, -0.2) is 0 Å². The molecule has 0 spiro atoms. The monoisotopic (exact) mass is 328 g/mol. The second-order valence-corrected chi connectivity index (χ2v) is 7.28. The number of pyridine rings is 1. The van der Waals surface area contributed by atoms with Crippen LogP contribution in [0, 0.1) is 16.7 Å². The van der Waals surface area contributed by atoms with E-state index in [1.54, 1.807) is 17.6 Å². The zero-order chi connectivity index (χ0) is 16.9. The summed E-state index contributed by atoms with van der Waals surface area (Å²) in [7, 11) is 0. The lowest BCUT2D eigenvalue weighted by Gasteiger charge is -2.43. The highest BCUT2D eigenvalue weighted by molar-refractivity contribution is 5.79. The van der Waals surface area contributed by atoms with Crippen molar-refractivity contribution in [1.82, 2.24) is 4.57 Å². The Bertz CT molecular complexity index is 794. The Kier molecular flexibility index (Phi) is 3.33. The molecule has 2 aliphatic carbocycles. The summed E-state index contributed by atoms with van der Waals surface area (Å²) in [6.45, 7) is 2.93. The van der Waals surface area contributed by atoms with Crippen LogP contribution < -0.4 is 5.56 Å². The number of hydrogen-bond donors (Lipinski definition) is 0. The van der Waals surface area contributed by atoms with Crippen molar-refractivity contribution >= 4 is 5.97 Å². The highest BCUT2D eigenvalue weighted by atomic mass is 16.6. The van der Waals surface area contributed by atoms with Crippen molar-refractivity contribution in [3.63, 3.8) is 0 Å². The second kappa shape index (κ2) is 5.18.